The highest BCUT2D eigenvalue weighted by atomic mass is 16.5. The minimum Gasteiger partial charge on any atom is -0.429 e. The number of carbonyl (C=O) groups excluding carboxylic acids is 2. The predicted octanol–water partition coefficient (Wildman–Crippen LogP) is 2.42. The molecule has 28 heavy (non-hydrogen) atoms. The molecule has 0 spiro atoms. The Morgan fingerprint density at radius 1 is 0.821 bits per heavy atom. The fourth-order valence-corrected chi connectivity index (χ4v) is 3.70. The molecule has 2 aromatic carbocycles. The average molecular weight is 380 g/mol. The van der Waals surface area contributed by atoms with E-state index in [4.69, 9.17) is 4.74 Å². The van der Waals surface area contributed by atoms with Crippen molar-refractivity contribution in [1.82, 2.24) is 4.90 Å². The van der Waals surface area contributed by atoms with Crippen LogP contribution < -0.4 is 19.4 Å². The van der Waals surface area contributed by atoms with Gasteiger partial charge in [0.1, 0.15) is 5.75 Å². The Balaban J connectivity index is 1.46. The van der Waals surface area contributed by atoms with Crippen molar-refractivity contribution in [3.05, 3.63) is 48.5 Å². The van der Waals surface area contributed by atoms with Gasteiger partial charge >= 0.3 is 6.03 Å². The monoisotopic (exact) mass is 380 g/mol. The molecule has 0 bridgehead atoms. The minimum atomic E-state index is -0.0735. The van der Waals surface area contributed by atoms with Gasteiger partial charge in [0.15, 0.2) is 0 Å². The lowest BCUT2D eigenvalue weighted by atomic mass is 10.2. The summed E-state index contributed by atoms with van der Waals surface area (Å²) in [4.78, 5) is 31.7. The average Bonchev–Trinajstić information content (AvgIpc) is 3.11. The summed E-state index contributed by atoms with van der Waals surface area (Å²) < 4.78 is 4.89. The Hall–Kier alpha value is -3.06. The van der Waals surface area contributed by atoms with Crippen LogP contribution in [0.5, 0.6) is 5.75 Å². The van der Waals surface area contributed by atoms with Crippen molar-refractivity contribution in [1.29, 1.82) is 0 Å². The van der Waals surface area contributed by atoms with Crippen molar-refractivity contribution < 1.29 is 14.3 Å². The van der Waals surface area contributed by atoms with Crippen molar-refractivity contribution in [2.45, 2.75) is 0 Å². The number of hydrogen-bond donors (Lipinski definition) is 0. The molecule has 0 saturated carbocycles. The van der Waals surface area contributed by atoms with Crippen LogP contribution in [0.25, 0.3) is 0 Å². The van der Waals surface area contributed by atoms with Gasteiger partial charge in [0, 0.05) is 62.4 Å². The molecule has 0 aliphatic carbocycles. The number of rotatable bonds is 5. The first-order chi connectivity index (χ1) is 13.7. The number of anilines is 3. The van der Waals surface area contributed by atoms with Gasteiger partial charge in [-0.25, -0.2) is 4.79 Å². The van der Waals surface area contributed by atoms with Crippen LogP contribution in [0.1, 0.15) is 0 Å². The van der Waals surface area contributed by atoms with Gasteiger partial charge in [-0.1, -0.05) is 6.07 Å². The molecule has 4 rings (SSSR count). The smallest absolute Gasteiger partial charge is 0.329 e. The molecule has 2 heterocycles. The maximum Gasteiger partial charge on any atom is 0.329 e. The van der Waals surface area contributed by atoms with Gasteiger partial charge in [-0.3, -0.25) is 14.6 Å². The first-order valence-electron chi connectivity index (χ1n) is 9.49. The summed E-state index contributed by atoms with van der Waals surface area (Å²) in [7, 11) is 2.14. The zero-order chi connectivity index (χ0) is 19.5. The van der Waals surface area contributed by atoms with Crippen molar-refractivity contribution in [2.75, 3.05) is 61.0 Å². The SMILES string of the molecule is CN1CCN(c2ccc(N3CCN(c4cccc(OC=O)c4)C3=O)cc2)CC1. The molecule has 2 fully saturated rings. The Kier molecular flexibility index (Phi) is 5.16. The molecule has 0 aromatic heterocycles. The molecule has 146 valence electrons. The third-order valence-electron chi connectivity index (χ3n) is 5.35. The maximum atomic E-state index is 12.9. The molecule has 2 aliphatic heterocycles. The van der Waals surface area contributed by atoms with E-state index in [1.165, 1.54) is 5.69 Å². The van der Waals surface area contributed by atoms with E-state index in [1.807, 2.05) is 18.2 Å². The highest BCUT2D eigenvalue weighted by Crippen LogP contribution is 2.29. The molecule has 2 aliphatic rings. The highest BCUT2D eigenvalue weighted by Gasteiger charge is 2.31. The van der Waals surface area contributed by atoms with Gasteiger partial charge in [-0.05, 0) is 43.4 Å². The topological polar surface area (TPSA) is 56.3 Å². The lowest BCUT2D eigenvalue weighted by Gasteiger charge is -2.34. The number of urea groups is 1. The number of amides is 2. The zero-order valence-electron chi connectivity index (χ0n) is 16.0. The van der Waals surface area contributed by atoms with E-state index in [0.29, 0.717) is 25.3 Å². The largest absolute Gasteiger partial charge is 0.429 e. The van der Waals surface area contributed by atoms with Gasteiger partial charge in [0.2, 0.25) is 0 Å². The normalized spacial score (nSPS) is 17.9. The predicted molar refractivity (Wildman–Crippen MR) is 109 cm³/mol. The van der Waals surface area contributed by atoms with Crippen LogP contribution in [-0.4, -0.2) is 63.7 Å². The summed E-state index contributed by atoms with van der Waals surface area (Å²) in [5.74, 6) is 0.426. The van der Waals surface area contributed by atoms with E-state index in [9.17, 15) is 9.59 Å². The molecule has 7 nitrogen and oxygen atoms in total. The maximum absolute atomic E-state index is 12.9. The van der Waals surface area contributed by atoms with Crippen molar-refractivity contribution in [2.24, 2.45) is 0 Å². The number of piperazine rings is 1. The van der Waals surface area contributed by atoms with Crippen molar-refractivity contribution in [3.63, 3.8) is 0 Å². The van der Waals surface area contributed by atoms with Gasteiger partial charge < -0.3 is 14.5 Å². The quantitative estimate of drug-likeness (QED) is 0.746. The number of ether oxygens (including phenoxy) is 1. The third kappa shape index (κ3) is 3.66. The minimum absolute atomic E-state index is 0.0735. The Bertz CT molecular complexity index is 847. The molecule has 2 aromatic rings. The second-order valence-electron chi connectivity index (χ2n) is 7.10. The zero-order valence-corrected chi connectivity index (χ0v) is 16.0. The molecule has 0 unspecified atom stereocenters. The van der Waals surface area contributed by atoms with E-state index in [2.05, 4.69) is 29.0 Å². The van der Waals surface area contributed by atoms with E-state index in [1.54, 1.807) is 28.0 Å². The van der Waals surface area contributed by atoms with Crippen LogP contribution in [-0.2, 0) is 4.79 Å². The molecule has 0 radical (unpaired) electrons. The molecule has 0 atom stereocenters. The van der Waals surface area contributed by atoms with Gasteiger partial charge in [0.25, 0.3) is 6.47 Å². The van der Waals surface area contributed by atoms with Crippen LogP contribution >= 0.6 is 0 Å². The summed E-state index contributed by atoms with van der Waals surface area (Å²) >= 11 is 0. The van der Waals surface area contributed by atoms with Crippen LogP contribution in [0.15, 0.2) is 48.5 Å². The molecule has 0 N–H and O–H groups in total. The second-order valence-corrected chi connectivity index (χ2v) is 7.10. The fraction of sp³-hybridized carbons (Fsp3) is 0.333. The van der Waals surface area contributed by atoms with Crippen LogP contribution in [0, 0.1) is 0 Å². The number of carbonyl (C=O) groups is 2. The Morgan fingerprint density at radius 2 is 1.46 bits per heavy atom. The number of hydrogen-bond acceptors (Lipinski definition) is 5. The second kappa shape index (κ2) is 7.90. The van der Waals surface area contributed by atoms with Crippen LogP contribution in [0.2, 0.25) is 0 Å². The van der Waals surface area contributed by atoms with Crippen LogP contribution in [0.3, 0.4) is 0 Å². The molecule has 2 saturated heterocycles. The number of benzene rings is 2. The lowest BCUT2D eigenvalue weighted by molar-refractivity contribution is -0.120. The number of likely N-dealkylation sites (N-methyl/N-ethyl adjacent to an activating group) is 1. The summed E-state index contributed by atoms with van der Waals surface area (Å²) in [5, 5.41) is 0. The van der Waals surface area contributed by atoms with Gasteiger partial charge in [0.05, 0.1) is 0 Å². The Labute approximate surface area is 164 Å². The molecule has 7 heteroatoms. The van der Waals surface area contributed by atoms with Gasteiger partial charge in [-0.15, -0.1) is 0 Å². The molecular formula is C21H24N4O3. The van der Waals surface area contributed by atoms with E-state index >= 15 is 0 Å². The van der Waals surface area contributed by atoms with E-state index < -0.39 is 0 Å². The highest BCUT2D eigenvalue weighted by molar-refractivity contribution is 6.06. The molecular weight excluding hydrogens is 356 g/mol. The first kappa shape index (κ1) is 18.3. The van der Waals surface area contributed by atoms with E-state index in [0.717, 1.165) is 37.6 Å². The Morgan fingerprint density at radius 3 is 2.14 bits per heavy atom. The number of nitrogens with zero attached hydrogens (tertiary/aromatic N) is 4. The summed E-state index contributed by atoms with van der Waals surface area (Å²) in [5.41, 5.74) is 2.81. The van der Waals surface area contributed by atoms with E-state index in [-0.39, 0.29) is 6.03 Å². The third-order valence-corrected chi connectivity index (χ3v) is 5.35. The van der Waals surface area contributed by atoms with Gasteiger partial charge in [-0.2, -0.15) is 0 Å². The van der Waals surface area contributed by atoms with Crippen molar-refractivity contribution in [3.8, 4) is 5.75 Å². The first-order valence-corrected chi connectivity index (χ1v) is 9.49. The summed E-state index contributed by atoms with van der Waals surface area (Å²) in [6.45, 7) is 5.76. The standard InChI is InChI=1S/C21H24N4O3/c1-22-9-11-23(12-10-22)17-5-7-18(8-6-17)24-13-14-25(21(24)27)19-3-2-4-20(15-19)28-16-26/h2-8,15-16H,9-14H2,1H3. The lowest BCUT2D eigenvalue weighted by Crippen LogP contribution is -2.44. The van der Waals surface area contributed by atoms with Crippen LogP contribution in [0.4, 0.5) is 21.9 Å². The fourth-order valence-electron chi connectivity index (χ4n) is 3.70. The summed E-state index contributed by atoms with van der Waals surface area (Å²) in [6.07, 6.45) is 0. The summed E-state index contributed by atoms with van der Waals surface area (Å²) in [6, 6.07) is 15.1. The molecule has 2 amide bonds. The van der Waals surface area contributed by atoms with Crippen molar-refractivity contribution >= 4 is 29.6 Å².